The first-order chi connectivity index (χ1) is 9.22. The maximum Gasteiger partial charge on any atom is 0.320 e. The molecular formula is C13H10FN3O2. The molecule has 1 aromatic heterocycles. The molecule has 0 bridgehead atoms. The van der Waals surface area contributed by atoms with Gasteiger partial charge in [0.05, 0.1) is 12.1 Å². The van der Waals surface area contributed by atoms with Crippen LogP contribution in [0.3, 0.4) is 0 Å². The number of nitrogens with zero attached hydrogens (tertiary/aromatic N) is 1. The number of ether oxygens (including phenoxy) is 1. The molecule has 1 aliphatic rings. The molecule has 0 spiro atoms. The molecule has 0 saturated carbocycles. The number of hydrogen-bond acceptors (Lipinski definition) is 3. The number of hydrogen-bond donors (Lipinski definition) is 2. The molecule has 1 aromatic carbocycles. The third-order valence-electron chi connectivity index (χ3n) is 2.71. The lowest BCUT2D eigenvalue weighted by Gasteiger charge is -2.19. The number of aromatic nitrogens is 1. The highest BCUT2D eigenvalue weighted by atomic mass is 19.1. The normalized spacial score (nSPS) is 13.2. The van der Waals surface area contributed by atoms with Gasteiger partial charge in [0, 0.05) is 6.20 Å². The van der Waals surface area contributed by atoms with Crippen LogP contribution in [0, 0.1) is 5.82 Å². The van der Waals surface area contributed by atoms with E-state index < -0.39 is 0 Å². The highest BCUT2D eigenvalue weighted by Gasteiger charge is 2.19. The van der Waals surface area contributed by atoms with Gasteiger partial charge in [-0.2, -0.15) is 0 Å². The van der Waals surface area contributed by atoms with E-state index in [0.29, 0.717) is 23.9 Å². The van der Waals surface area contributed by atoms with Crippen molar-refractivity contribution in [3.63, 3.8) is 0 Å². The molecule has 96 valence electrons. The van der Waals surface area contributed by atoms with Gasteiger partial charge in [0.1, 0.15) is 23.1 Å². The van der Waals surface area contributed by atoms with Gasteiger partial charge in [-0.05, 0) is 30.3 Å². The molecular weight excluding hydrogens is 249 g/mol. The van der Waals surface area contributed by atoms with Crippen LogP contribution in [-0.4, -0.2) is 11.0 Å². The number of carbonyl (C=O) groups is 1. The van der Waals surface area contributed by atoms with Crippen LogP contribution in [0.25, 0.3) is 0 Å². The van der Waals surface area contributed by atoms with Crippen molar-refractivity contribution in [2.24, 2.45) is 0 Å². The first kappa shape index (κ1) is 11.5. The summed E-state index contributed by atoms with van der Waals surface area (Å²) in [6.45, 7) is 0.339. The van der Waals surface area contributed by atoms with Gasteiger partial charge < -0.3 is 10.1 Å². The Labute approximate surface area is 108 Å². The summed E-state index contributed by atoms with van der Waals surface area (Å²) in [5, 5.41) is 5.24. The molecule has 5 nitrogen and oxygen atoms in total. The molecule has 0 radical (unpaired) electrons. The van der Waals surface area contributed by atoms with Crippen molar-refractivity contribution >= 4 is 11.8 Å². The van der Waals surface area contributed by atoms with E-state index in [1.807, 2.05) is 0 Å². The molecule has 0 fully saturated rings. The summed E-state index contributed by atoms with van der Waals surface area (Å²) in [6, 6.07) is 7.13. The molecule has 6 heteroatoms. The van der Waals surface area contributed by atoms with E-state index in [-0.39, 0.29) is 11.8 Å². The van der Waals surface area contributed by atoms with Gasteiger partial charge in [-0.1, -0.05) is 0 Å². The van der Waals surface area contributed by atoms with Crippen LogP contribution in [0.5, 0.6) is 11.5 Å². The lowest BCUT2D eigenvalue weighted by molar-refractivity contribution is 0.250. The first-order valence-electron chi connectivity index (χ1n) is 5.68. The van der Waals surface area contributed by atoms with Crippen LogP contribution in [0.15, 0.2) is 36.5 Å². The van der Waals surface area contributed by atoms with Crippen LogP contribution in [-0.2, 0) is 6.54 Å². The topological polar surface area (TPSA) is 63.2 Å². The largest absolute Gasteiger partial charge is 0.457 e. The van der Waals surface area contributed by atoms with Gasteiger partial charge in [0.25, 0.3) is 0 Å². The maximum absolute atomic E-state index is 12.8. The smallest absolute Gasteiger partial charge is 0.320 e. The maximum atomic E-state index is 12.8. The highest BCUT2D eigenvalue weighted by molar-refractivity contribution is 5.91. The van der Waals surface area contributed by atoms with Gasteiger partial charge in [0.15, 0.2) is 0 Å². The third-order valence-corrected chi connectivity index (χ3v) is 2.71. The molecule has 2 N–H and O–H groups in total. The summed E-state index contributed by atoms with van der Waals surface area (Å²) in [4.78, 5) is 15.3. The molecule has 2 heterocycles. The van der Waals surface area contributed by atoms with Gasteiger partial charge >= 0.3 is 6.03 Å². The lowest BCUT2D eigenvalue weighted by atomic mass is 10.2. The fourth-order valence-electron chi connectivity index (χ4n) is 1.80. The van der Waals surface area contributed by atoms with Crippen molar-refractivity contribution in [1.82, 2.24) is 10.3 Å². The zero-order valence-electron chi connectivity index (χ0n) is 9.81. The second-order valence-corrected chi connectivity index (χ2v) is 4.00. The number of urea groups is 1. The number of amides is 2. The van der Waals surface area contributed by atoms with Crippen LogP contribution < -0.4 is 15.4 Å². The number of carbonyl (C=O) groups excluding carboxylic acids is 1. The third kappa shape index (κ3) is 2.33. The number of pyridine rings is 1. The summed E-state index contributed by atoms with van der Waals surface area (Å²) < 4.78 is 18.5. The van der Waals surface area contributed by atoms with Crippen molar-refractivity contribution in [1.29, 1.82) is 0 Å². The predicted molar refractivity (Wildman–Crippen MR) is 66.6 cm³/mol. The SMILES string of the molecule is O=C1NCc2c(Oc3ccc(F)cc3)ccnc2N1. The van der Waals surface area contributed by atoms with E-state index in [1.54, 1.807) is 12.3 Å². The van der Waals surface area contributed by atoms with Crippen molar-refractivity contribution < 1.29 is 13.9 Å². The standard InChI is InChI=1S/C13H10FN3O2/c14-8-1-3-9(4-2-8)19-11-5-6-15-12-10(11)7-16-13(18)17-12/h1-6H,7H2,(H2,15,16,17,18). The Hall–Kier alpha value is -2.63. The zero-order chi connectivity index (χ0) is 13.2. The zero-order valence-corrected chi connectivity index (χ0v) is 9.81. The fourth-order valence-corrected chi connectivity index (χ4v) is 1.80. The molecule has 0 unspecified atom stereocenters. The van der Waals surface area contributed by atoms with Crippen molar-refractivity contribution in [2.45, 2.75) is 6.54 Å². The number of fused-ring (bicyclic) bond motifs is 1. The molecule has 3 rings (SSSR count). The summed E-state index contributed by atoms with van der Waals surface area (Å²) in [5.74, 6) is 1.25. The van der Waals surface area contributed by atoms with E-state index in [4.69, 9.17) is 4.74 Å². The minimum Gasteiger partial charge on any atom is -0.457 e. The molecule has 2 amide bonds. The van der Waals surface area contributed by atoms with E-state index >= 15 is 0 Å². The Bertz CT molecular complexity index is 628. The van der Waals surface area contributed by atoms with Crippen molar-refractivity contribution in [3.05, 3.63) is 47.9 Å². The summed E-state index contributed by atoms with van der Waals surface area (Å²) in [5.41, 5.74) is 0.756. The van der Waals surface area contributed by atoms with E-state index in [9.17, 15) is 9.18 Å². The second kappa shape index (κ2) is 4.56. The molecule has 0 aliphatic carbocycles. The van der Waals surface area contributed by atoms with Crippen LogP contribution in [0.1, 0.15) is 5.56 Å². The second-order valence-electron chi connectivity index (χ2n) is 4.00. The van der Waals surface area contributed by atoms with Crippen molar-refractivity contribution in [2.75, 3.05) is 5.32 Å². The monoisotopic (exact) mass is 259 g/mol. The Morgan fingerprint density at radius 1 is 1.21 bits per heavy atom. The van der Waals surface area contributed by atoms with Gasteiger partial charge in [-0.3, -0.25) is 5.32 Å². The van der Waals surface area contributed by atoms with Gasteiger partial charge in [-0.15, -0.1) is 0 Å². The number of rotatable bonds is 2. The number of benzene rings is 1. The Morgan fingerprint density at radius 2 is 2.00 bits per heavy atom. The first-order valence-corrected chi connectivity index (χ1v) is 5.68. The van der Waals surface area contributed by atoms with Gasteiger partial charge in [-0.25, -0.2) is 14.2 Å². The molecule has 0 atom stereocenters. The van der Waals surface area contributed by atoms with Crippen molar-refractivity contribution in [3.8, 4) is 11.5 Å². The Morgan fingerprint density at radius 3 is 2.79 bits per heavy atom. The predicted octanol–water partition coefficient (Wildman–Crippen LogP) is 2.65. The van der Waals surface area contributed by atoms with E-state index in [1.165, 1.54) is 24.3 Å². The number of nitrogens with one attached hydrogen (secondary N) is 2. The molecule has 1 aliphatic heterocycles. The average molecular weight is 259 g/mol. The van der Waals surface area contributed by atoms with E-state index in [0.717, 1.165) is 5.56 Å². The fraction of sp³-hybridized carbons (Fsp3) is 0.0769. The average Bonchev–Trinajstić information content (AvgIpc) is 2.41. The van der Waals surface area contributed by atoms with Gasteiger partial charge in [0.2, 0.25) is 0 Å². The lowest BCUT2D eigenvalue weighted by Crippen LogP contribution is -2.34. The Balaban J connectivity index is 1.91. The van der Waals surface area contributed by atoms with Crippen LogP contribution in [0.4, 0.5) is 15.0 Å². The van der Waals surface area contributed by atoms with E-state index in [2.05, 4.69) is 15.6 Å². The summed E-state index contributed by atoms with van der Waals surface area (Å²) >= 11 is 0. The minimum absolute atomic E-state index is 0.293. The molecule has 0 saturated heterocycles. The highest BCUT2D eigenvalue weighted by Crippen LogP contribution is 2.30. The summed E-state index contributed by atoms with van der Waals surface area (Å²) in [6.07, 6.45) is 1.54. The van der Waals surface area contributed by atoms with Crippen LogP contribution >= 0.6 is 0 Å². The number of anilines is 1. The Kier molecular flexibility index (Phi) is 2.75. The minimum atomic E-state index is -0.321. The van der Waals surface area contributed by atoms with Crippen LogP contribution in [0.2, 0.25) is 0 Å². The molecule has 2 aromatic rings. The number of halogens is 1. The molecule has 19 heavy (non-hydrogen) atoms. The summed E-state index contributed by atoms with van der Waals surface area (Å²) in [7, 11) is 0. The quantitative estimate of drug-likeness (QED) is 0.871.